The smallest absolute Gasteiger partial charge is 0.125 e. The van der Waals surface area contributed by atoms with Gasteiger partial charge in [-0.05, 0) is 43.3 Å². The third-order valence-electron chi connectivity index (χ3n) is 3.38. The second-order valence-corrected chi connectivity index (χ2v) is 5.36. The Morgan fingerprint density at radius 2 is 1.95 bits per heavy atom. The van der Waals surface area contributed by atoms with Crippen molar-refractivity contribution in [3.05, 3.63) is 58.9 Å². The maximum absolute atomic E-state index is 13.4. The predicted octanol–water partition coefficient (Wildman–Crippen LogP) is 4.75. The largest absolute Gasteiger partial charge is 0.344 e. The minimum absolute atomic E-state index is 0.243. The first-order valence-corrected chi connectivity index (χ1v) is 7.48. The summed E-state index contributed by atoms with van der Waals surface area (Å²) < 4.78 is 13.4. The van der Waals surface area contributed by atoms with Gasteiger partial charge in [0, 0.05) is 35.6 Å². The van der Waals surface area contributed by atoms with E-state index >= 15 is 0 Å². The third-order valence-corrected chi connectivity index (χ3v) is 3.73. The standard InChI is InChI=1S/C17H20ClFN2/c1-3-10-20-12-15-16(18)8-5-9-17(15)21(2)14-7-4-6-13(19)11-14/h4-9,11,20H,3,10,12H2,1-2H3. The van der Waals surface area contributed by atoms with Gasteiger partial charge >= 0.3 is 0 Å². The molecule has 112 valence electrons. The van der Waals surface area contributed by atoms with Gasteiger partial charge in [0.2, 0.25) is 0 Å². The zero-order valence-corrected chi connectivity index (χ0v) is 13.1. The Hall–Kier alpha value is -1.58. The first-order chi connectivity index (χ1) is 10.1. The molecule has 2 aromatic rings. The van der Waals surface area contributed by atoms with Crippen LogP contribution in [-0.4, -0.2) is 13.6 Å². The van der Waals surface area contributed by atoms with E-state index in [9.17, 15) is 4.39 Å². The van der Waals surface area contributed by atoms with E-state index in [1.807, 2.05) is 36.2 Å². The van der Waals surface area contributed by atoms with E-state index in [0.29, 0.717) is 6.54 Å². The normalized spacial score (nSPS) is 10.7. The lowest BCUT2D eigenvalue weighted by molar-refractivity contribution is 0.628. The predicted molar refractivity (Wildman–Crippen MR) is 87.9 cm³/mol. The summed E-state index contributed by atoms with van der Waals surface area (Å²) in [6.07, 6.45) is 1.07. The number of nitrogens with zero attached hydrogens (tertiary/aromatic N) is 1. The van der Waals surface area contributed by atoms with Crippen LogP contribution in [-0.2, 0) is 6.54 Å². The molecule has 0 aliphatic rings. The van der Waals surface area contributed by atoms with Crippen molar-refractivity contribution < 1.29 is 4.39 Å². The monoisotopic (exact) mass is 306 g/mol. The van der Waals surface area contributed by atoms with Crippen LogP contribution in [0.1, 0.15) is 18.9 Å². The van der Waals surface area contributed by atoms with Crippen molar-refractivity contribution in [3.8, 4) is 0 Å². The van der Waals surface area contributed by atoms with Crippen LogP contribution < -0.4 is 10.2 Å². The van der Waals surface area contributed by atoms with Crippen LogP contribution in [0.5, 0.6) is 0 Å². The van der Waals surface area contributed by atoms with Crippen LogP contribution in [0, 0.1) is 5.82 Å². The zero-order valence-electron chi connectivity index (χ0n) is 12.4. The molecule has 0 amide bonds. The van der Waals surface area contributed by atoms with E-state index in [-0.39, 0.29) is 5.82 Å². The van der Waals surface area contributed by atoms with Crippen LogP contribution in [0.15, 0.2) is 42.5 Å². The summed E-state index contributed by atoms with van der Waals surface area (Å²) in [7, 11) is 1.92. The number of nitrogens with one attached hydrogen (secondary N) is 1. The van der Waals surface area contributed by atoms with E-state index in [1.165, 1.54) is 12.1 Å². The quantitative estimate of drug-likeness (QED) is 0.775. The molecular weight excluding hydrogens is 287 g/mol. The Balaban J connectivity index is 2.31. The second-order valence-electron chi connectivity index (χ2n) is 4.95. The van der Waals surface area contributed by atoms with Crippen molar-refractivity contribution >= 4 is 23.0 Å². The summed E-state index contributed by atoms with van der Waals surface area (Å²) in [6.45, 7) is 3.76. The van der Waals surface area contributed by atoms with E-state index in [4.69, 9.17) is 11.6 Å². The molecular formula is C17H20ClFN2. The first kappa shape index (κ1) is 15.8. The zero-order chi connectivity index (χ0) is 15.2. The molecule has 0 aromatic heterocycles. The number of anilines is 2. The molecule has 2 aromatic carbocycles. The molecule has 21 heavy (non-hydrogen) atoms. The van der Waals surface area contributed by atoms with Gasteiger partial charge in [-0.1, -0.05) is 30.7 Å². The molecule has 0 heterocycles. The van der Waals surface area contributed by atoms with Gasteiger partial charge in [0.05, 0.1) is 0 Å². The van der Waals surface area contributed by atoms with Crippen molar-refractivity contribution in [2.45, 2.75) is 19.9 Å². The first-order valence-electron chi connectivity index (χ1n) is 7.11. The van der Waals surface area contributed by atoms with Gasteiger partial charge < -0.3 is 10.2 Å². The van der Waals surface area contributed by atoms with Crippen molar-refractivity contribution in [2.75, 3.05) is 18.5 Å². The summed E-state index contributed by atoms with van der Waals surface area (Å²) in [5, 5.41) is 4.09. The number of hydrogen-bond donors (Lipinski definition) is 1. The molecule has 0 atom stereocenters. The molecule has 1 N–H and O–H groups in total. The Morgan fingerprint density at radius 3 is 2.67 bits per heavy atom. The lowest BCUT2D eigenvalue weighted by atomic mass is 10.1. The van der Waals surface area contributed by atoms with E-state index in [2.05, 4.69) is 12.2 Å². The summed E-state index contributed by atoms with van der Waals surface area (Å²) in [4.78, 5) is 1.96. The summed E-state index contributed by atoms with van der Waals surface area (Å²) in [5.41, 5.74) is 2.81. The van der Waals surface area contributed by atoms with Crippen molar-refractivity contribution in [1.29, 1.82) is 0 Å². The van der Waals surface area contributed by atoms with E-state index in [1.54, 1.807) is 6.07 Å². The van der Waals surface area contributed by atoms with Crippen LogP contribution in [0.2, 0.25) is 5.02 Å². The molecule has 0 fully saturated rings. The second kappa shape index (κ2) is 7.43. The SMILES string of the molecule is CCCNCc1c(Cl)cccc1N(C)c1cccc(F)c1. The van der Waals surface area contributed by atoms with Crippen molar-refractivity contribution in [3.63, 3.8) is 0 Å². The molecule has 2 rings (SSSR count). The minimum atomic E-state index is -0.243. The topological polar surface area (TPSA) is 15.3 Å². The molecule has 0 aliphatic carbocycles. The Labute approximate surface area is 130 Å². The average Bonchev–Trinajstić information content (AvgIpc) is 2.48. The minimum Gasteiger partial charge on any atom is -0.344 e. The number of hydrogen-bond acceptors (Lipinski definition) is 2. The lowest BCUT2D eigenvalue weighted by Crippen LogP contribution is -2.18. The average molecular weight is 307 g/mol. The van der Waals surface area contributed by atoms with Gasteiger partial charge in [-0.2, -0.15) is 0 Å². The van der Waals surface area contributed by atoms with Crippen molar-refractivity contribution in [1.82, 2.24) is 5.32 Å². The molecule has 4 heteroatoms. The van der Waals surface area contributed by atoms with Gasteiger partial charge in [0.1, 0.15) is 5.82 Å². The third kappa shape index (κ3) is 3.96. The van der Waals surface area contributed by atoms with Gasteiger partial charge in [-0.25, -0.2) is 4.39 Å². The Kier molecular flexibility index (Phi) is 5.59. The summed E-state index contributed by atoms with van der Waals surface area (Å²) in [6, 6.07) is 12.3. The molecule has 0 saturated heterocycles. The molecule has 2 nitrogen and oxygen atoms in total. The molecule has 0 spiro atoms. The van der Waals surface area contributed by atoms with E-state index < -0.39 is 0 Å². The molecule has 0 unspecified atom stereocenters. The van der Waals surface area contributed by atoms with Gasteiger partial charge in [-0.15, -0.1) is 0 Å². The van der Waals surface area contributed by atoms with Gasteiger partial charge in [0.25, 0.3) is 0 Å². The maximum Gasteiger partial charge on any atom is 0.125 e. The highest BCUT2D eigenvalue weighted by molar-refractivity contribution is 6.31. The molecule has 0 bridgehead atoms. The molecule has 0 aliphatic heterocycles. The van der Waals surface area contributed by atoms with Crippen LogP contribution >= 0.6 is 11.6 Å². The highest BCUT2D eigenvalue weighted by Crippen LogP contribution is 2.31. The fourth-order valence-electron chi connectivity index (χ4n) is 2.25. The van der Waals surface area contributed by atoms with Crippen LogP contribution in [0.4, 0.5) is 15.8 Å². The number of rotatable bonds is 6. The highest BCUT2D eigenvalue weighted by Gasteiger charge is 2.12. The number of benzene rings is 2. The fourth-order valence-corrected chi connectivity index (χ4v) is 2.49. The Bertz CT molecular complexity index is 601. The van der Waals surface area contributed by atoms with E-state index in [0.717, 1.165) is 34.9 Å². The highest BCUT2D eigenvalue weighted by atomic mass is 35.5. The molecule has 0 saturated carbocycles. The summed E-state index contributed by atoms with van der Waals surface area (Å²) >= 11 is 6.33. The number of halogens is 2. The van der Waals surface area contributed by atoms with Gasteiger partial charge in [0.15, 0.2) is 0 Å². The Morgan fingerprint density at radius 1 is 1.19 bits per heavy atom. The lowest BCUT2D eigenvalue weighted by Gasteiger charge is -2.23. The molecule has 0 radical (unpaired) electrons. The van der Waals surface area contributed by atoms with Gasteiger partial charge in [-0.3, -0.25) is 0 Å². The summed E-state index contributed by atoms with van der Waals surface area (Å²) in [5.74, 6) is -0.243. The van der Waals surface area contributed by atoms with Crippen LogP contribution in [0.25, 0.3) is 0 Å². The van der Waals surface area contributed by atoms with Crippen molar-refractivity contribution in [2.24, 2.45) is 0 Å². The fraction of sp³-hybridized carbons (Fsp3) is 0.294. The maximum atomic E-state index is 13.4. The van der Waals surface area contributed by atoms with Crippen LogP contribution in [0.3, 0.4) is 0 Å².